The summed E-state index contributed by atoms with van der Waals surface area (Å²) in [7, 11) is 3.23. The minimum atomic E-state index is -0.0616. The molecule has 0 bridgehead atoms. The number of carbonyl (C=O) groups excluding carboxylic acids is 1. The molecule has 0 radical (unpaired) electrons. The van der Waals surface area contributed by atoms with E-state index in [0.29, 0.717) is 23.8 Å². The van der Waals surface area contributed by atoms with Crippen LogP contribution in [0.5, 0.6) is 5.75 Å². The van der Waals surface area contributed by atoms with Gasteiger partial charge >= 0.3 is 0 Å². The smallest absolute Gasteiger partial charge is 0.251 e. The minimum absolute atomic E-state index is 0.0616. The van der Waals surface area contributed by atoms with Crippen LogP contribution in [-0.4, -0.2) is 26.2 Å². The van der Waals surface area contributed by atoms with E-state index in [2.05, 4.69) is 19.2 Å². The second-order valence-corrected chi connectivity index (χ2v) is 5.81. The van der Waals surface area contributed by atoms with Crippen molar-refractivity contribution in [3.8, 4) is 5.75 Å². The molecule has 1 N–H and O–H groups in total. The molecule has 4 nitrogen and oxygen atoms in total. The van der Waals surface area contributed by atoms with E-state index >= 15 is 0 Å². The molecule has 21 heavy (non-hydrogen) atoms. The summed E-state index contributed by atoms with van der Waals surface area (Å²) in [6.45, 7) is 6.88. The highest BCUT2D eigenvalue weighted by atomic mass is 16.5. The van der Waals surface area contributed by atoms with Gasteiger partial charge in [-0.15, -0.1) is 0 Å². The van der Waals surface area contributed by atoms with Crippen molar-refractivity contribution in [2.75, 3.05) is 14.2 Å². The van der Waals surface area contributed by atoms with Crippen LogP contribution in [0.1, 0.15) is 49.5 Å². The van der Waals surface area contributed by atoms with E-state index in [1.54, 1.807) is 26.4 Å². The van der Waals surface area contributed by atoms with Crippen molar-refractivity contribution in [2.24, 2.45) is 5.92 Å². The van der Waals surface area contributed by atoms with E-state index in [1.165, 1.54) is 0 Å². The third kappa shape index (κ3) is 5.76. The fraction of sp³-hybridized carbons (Fsp3) is 0.588. The summed E-state index contributed by atoms with van der Waals surface area (Å²) < 4.78 is 10.4. The molecule has 1 aromatic rings. The summed E-state index contributed by atoms with van der Waals surface area (Å²) in [4.78, 5) is 12.2. The number of rotatable bonds is 8. The standard InChI is InChI=1S/C17H27NO3/c1-12(2)6-7-13(3)18-17(19)14-8-9-15(11-20-4)16(10-14)21-5/h8-10,12-13H,6-7,11H2,1-5H3,(H,18,19)/t13-/m1/s1. The second-order valence-electron chi connectivity index (χ2n) is 5.81. The monoisotopic (exact) mass is 293 g/mol. The Hall–Kier alpha value is -1.55. The summed E-state index contributed by atoms with van der Waals surface area (Å²) >= 11 is 0. The van der Waals surface area contributed by atoms with Crippen LogP contribution in [0.2, 0.25) is 0 Å². The first-order valence-corrected chi connectivity index (χ1v) is 7.44. The molecule has 0 heterocycles. The normalized spacial score (nSPS) is 12.3. The predicted octanol–water partition coefficient (Wildman–Crippen LogP) is 3.40. The summed E-state index contributed by atoms with van der Waals surface area (Å²) in [5.74, 6) is 1.27. The van der Waals surface area contributed by atoms with Gasteiger partial charge in [0.05, 0.1) is 13.7 Å². The maximum absolute atomic E-state index is 12.2. The van der Waals surface area contributed by atoms with Gasteiger partial charge in [0.1, 0.15) is 5.75 Å². The summed E-state index contributed by atoms with van der Waals surface area (Å²) in [6.07, 6.45) is 2.10. The number of hydrogen-bond acceptors (Lipinski definition) is 3. The SMILES string of the molecule is COCc1ccc(C(=O)N[C@H](C)CCC(C)C)cc1OC. The molecule has 1 rings (SSSR count). The van der Waals surface area contributed by atoms with Gasteiger partial charge in [-0.3, -0.25) is 4.79 Å². The molecule has 0 fully saturated rings. The zero-order chi connectivity index (χ0) is 15.8. The molecule has 0 saturated carbocycles. The van der Waals surface area contributed by atoms with Crippen LogP contribution < -0.4 is 10.1 Å². The Balaban J connectivity index is 2.69. The van der Waals surface area contributed by atoms with Crippen molar-refractivity contribution < 1.29 is 14.3 Å². The largest absolute Gasteiger partial charge is 0.496 e. The van der Waals surface area contributed by atoms with Crippen LogP contribution in [0, 0.1) is 5.92 Å². The van der Waals surface area contributed by atoms with E-state index in [9.17, 15) is 4.79 Å². The van der Waals surface area contributed by atoms with Crippen molar-refractivity contribution >= 4 is 5.91 Å². The molecule has 0 aromatic heterocycles. The fourth-order valence-corrected chi connectivity index (χ4v) is 2.12. The average Bonchev–Trinajstić information content (AvgIpc) is 2.45. The summed E-state index contributed by atoms with van der Waals surface area (Å²) in [6, 6.07) is 5.61. The van der Waals surface area contributed by atoms with Crippen LogP contribution in [0.4, 0.5) is 0 Å². The number of carbonyl (C=O) groups is 1. The fourth-order valence-electron chi connectivity index (χ4n) is 2.12. The van der Waals surface area contributed by atoms with Gasteiger partial charge in [0.25, 0.3) is 5.91 Å². The van der Waals surface area contributed by atoms with Crippen LogP contribution in [0.25, 0.3) is 0 Å². The molecule has 1 atom stereocenters. The van der Waals surface area contributed by atoms with Gasteiger partial charge in [0, 0.05) is 24.3 Å². The van der Waals surface area contributed by atoms with Gasteiger partial charge in [-0.05, 0) is 37.8 Å². The molecular formula is C17H27NO3. The van der Waals surface area contributed by atoms with Crippen molar-refractivity contribution in [1.82, 2.24) is 5.32 Å². The topological polar surface area (TPSA) is 47.6 Å². The van der Waals surface area contributed by atoms with E-state index in [4.69, 9.17) is 9.47 Å². The Labute approximate surface area is 127 Å². The first kappa shape index (κ1) is 17.5. The Morgan fingerprint density at radius 3 is 2.48 bits per heavy atom. The van der Waals surface area contributed by atoms with Crippen molar-refractivity contribution in [3.63, 3.8) is 0 Å². The van der Waals surface area contributed by atoms with E-state index in [-0.39, 0.29) is 11.9 Å². The molecule has 0 aliphatic carbocycles. The molecule has 0 spiro atoms. The molecule has 0 unspecified atom stereocenters. The van der Waals surface area contributed by atoms with E-state index in [0.717, 1.165) is 18.4 Å². The van der Waals surface area contributed by atoms with E-state index < -0.39 is 0 Å². The molecule has 0 aliphatic heterocycles. The predicted molar refractivity (Wildman–Crippen MR) is 84.7 cm³/mol. The molecule has 4 heteroatoms. The Bertz CT molecular complexity index is 457. The maximum atomic E-state index is 12.2. The highest BCUT2D eigenvalue weighted by Gasteiger charge is 2.13. The highest BCUT2D eigenvalue weighted by Crippen LogP contribution is 2.21. The lowest BCUT2D eigenvalue weighted by atomic mass is 10.0. The number of hydrogen-bond donors (Lipinski definition) is 1. The van der Waals surface area contributed by atoms with Crippen LogP contribution in [0.3, 0.4) is 0 Å². The lowest BCUT2D eigenvalue weighted by Crippen LogP contribution is -2.32. The molecule has 0 saturated heterocycles. The lowest BCUT2D eigenvalue weighted by Gasteiger charge is -2.16. The number of nitrogens with one attached hydrogen (secondary N) is 1. The summed E-state index contributed by atoms with van der Waals surface area (Å²) in [5, 5.41) is 3.03. The lowest BCUT2D eigenvalue weighted by molar-refractivity contribution is 0.0936. The van der Waals surface area contributed by atoms with Crippen molar-refractivity contribution in [3.05, 3.63) is 29.3 Å². The Kier molecular flexibility index (Phi) is 7.23. The highest BCUT2D eigenvalue weighted by molar-refractivity contribution is 5.94. The van der Waals surface area contributed by atoms with Gasteiger partial charge in [-0.1, -0.05) is 19.9 Å². The number of ether oxygens (including phenoxy) is 2. The quantitative estimate of drug-likeness (QED) is 0.799. The van der Waals surface area contributed by atoms with Crippen molar-refractivity contribution in [2.45, 2.75) is 46.3 Å². The summed E-state index contributed by atoms with van der Waals surface area (Å²) in [5.41, 5.74) is 1.55. The molecule has 0 aliphatic rings. The second kappa shape index (κ2) is 8.67. The maximum Gasteiger partial charge on any atom is 0.251 e. The van der Waals surface area contributed by atoms with Crippen LogP contribution in [0.15, 0.2) is 18.2 Å². The van der Waals surface area contributed by atoms with Gasteiger partial charge in [-0.25, -0.2) is 0 Å². The van der Waals surface area contributed by atoms with Gasteiger partial charge in [-0.2, -0.15) is 0 Å². The number of amides is 1. The third-order valence-electron chi connectivity index (χ3n) is 3.40. The zero-order valence-electron chi connectivity index (χ0n) is 13.7. The Morgan fingerprint density at radius 1 is 1.19 bits per heavy atom. The molecule has 118 valence electrons. The Morgan fingerprint density at radius 2 is 1.90 bits per heavy atom. The molecular weight excluding hydrogens is 266 g/mol. The van der Waals surface area contributed by atoms with Crippen molar-refractivity contribution in [1.29, 1.82) is 0 Å². The average molecular weight is 293 g/mol. The molecule has 1 aromatic carbocycles. The zero-order valence-corrected chi connectivity index (χ0v) is 13.7. The van der Waals surface area contributed by atoms with Crippen LogP contribution in [-0.2, 0) is 11.3 Å². The van der Waals surface area contributed by atoms with Crippen LogP contribution >= 0.6 is 0 Å². The first-order chi connectivity index (χ1) is 9.97. The van der Waals surface area contributed by atoms with Gasteiger partial charge in [0.2, 0.25) is 0 Å². The first-order valence-electron chi connectivity index (χ1n) is 7.44. The third-order valence-corrected chi connectivity index (χ3v) is 3.40. The number of methoxy groups -OCH3 is 2. The minimum Gasteiger partial charge on any atom is -0.496 e. The number of benzene rings is 1. The van der Waals surface area contributed by atoms with Gasteiger partial charge in [0.15, 0.2) is 0 Å². The van der Waals surface area contributed by atoms with E-state index in [1.807, 2.05) is 13.0 Å². The van der Waals surface area contributed by atoms with Gasteiger partial charge < -0.3 is 14.8 Å². The molecule has 1 amide bonds.